The lowest BCUT2D eigenvalue weighted by atomic mass is 9.32. The average molecular weight is 303 g/mol. The highest BCUT2D eigenvalue weighted by Crippen LogP contribution is 2.75. The van der Waals surface area contributed by atoms with Crippen molar-refractivity contribution in [3.05, 3.63) is 0 Å². The summed E-state index contributed by atoms with van der Waals surface area (Å²) in [6.45, 7) is 12.3. The zero-order chi connectivity index (χ0) is 15.7. The van der Waals surface area contributed by atoms with Gasteiger partial charge in [-0.1, -0.05) is 47.5 Å². The van der Waals surface area contributed by atoms with Gasteiger partial charge in [-0.2, -0.15) is 0 Å². The zero-order valence-electron chi connectivity index (χ0n) is 15.7. The SMILES string of the molecule is CCC1C(C)CC12CC(C1CC3(CC(C(C)C)C3)C1)C2CC. The Labute approximate surface area is 138 Å². The van der Waals surface area contributed by atoms with Crippen molar-refractivity contribution in [1.29, 1.82) is 0 Å². The van der Waals surface area contributed by atoms with Gasteiger partial charge in [-0.25, -0.2) is 0 Å². The van der Waals surface area contributed by atoms with E-state index in [1.807, 2.05) is 0 Å². The van der Waals surface area contributed by atoms with Crippen LogP contribution in [0, 0.1) is 52.3 Å². The normalized spacial score (nSPS) is 56.5. The number of hydrogen-bond acceptors (Lipinski definition) is 0. The van der Waals surface area contributed by atoms with Gasteiger partial charge in [0.2, 0.25) is 0 Å². The summed E-state index contributed by atoms with van der Waals surface area (Å²) in [5.74, 6) is 7.42. The lowest BCUT2D eigenvalue weighted by molar-refractivity contribution is -0.233. The minimum absolute atomic E-state index is 0.816. The monoisotopic (exact) mass is 302 g/mol. The molecular weight excluding hydrogens is 264 g/mol. The van der Waals surface area contributed by atoms with Crippen LogP contribution in [0.15, 0.2) is 0 Å². The van der Waals surface area contributed by atoms with Crippen molar-refractivity contribution in [3.63, 3.8) is 0 Å². The minimum Gasteiger partial charge on any atom is -0.0651 e. The molecule has 4 aliphatic rings. The van der Waals surface area contributed by atoms with E-state index in [0.717, 1.165) is 52.3 Å². The Kier molecular flexibility index (Phi) is 3.53. The van der Waals surface area contributed by atoms with Gasteiger partial charge in [-0.15, -0.1) is 0 Å². The van der Waals surface area contributed by atoms with Gasteiger partial charge in [0.25, 0.3) is 0 Å². The van der Waals surface area contributed by atoms with Gasteiger partial charge in [0.1, 0.15) is 0 Å². The largest absolute Gasteiger partial charge is 0.0651 e. The van der Waals surface area contributed by atoms with Gasteiger partial charge in [0.15, 0.2) is 0 Å². The molecule has 4 rings (SSSR count). The van der Waals surface area contributed by atoms with Gasteiger partial charge >= 0.3 is 0 Å². The molecule has 22 heavy (non-hydrogen) atoms. The molecule has 0 N–H and O–H groups in total. The molecule has 0 aliphatic heterocycles. The van der Waals surface area contributed by atoms with E-state index in [1.54, 1.807) is 38.5 Å². The van der Waals surface area contributed by atoms with E-state index < -0.39 is 0 Å². The molecule has 0 saturated heterocycles. The quantitative estimate of drug-likeness (QED) is 0.552. The van der Waals surface area contributed by atoms with E-state index >= 15 is 0 Å². The van der Waals surface area contributed by atoms with Crippen LogP contribution in [0.4, 0.5) is 0 Å². The van der Waals surface area contributed by atoms with Crippen LogP contribution in [-0.4, -0.2) is 0 Å². The van der Waals surface area contributed by atoms with Crippen LogP contribution in [-0.2, 0) is 0 Å². The van der Waals surface area contributed by atoms with Crippen LogP contribution in [0.1, 0.15) is 86.0 Å². The fraction of sp³-hybridized carbons (Fsp3) is 1.00. The fourth-order valence-corrected chi connectivity index (χ4v) is 8.18. The molecule has 0 heterocycles. The highest BCUT2D eigenvalue weighted by molar-refractivity contribution is 5.16. The Hall–Kier alpha value is 0. The number of hydrogen-bond donors (Lipinski definition) is 0. The highest BCUT2D eigenvalue weighted by Gasteiger charge is 2.66. The lowest BCUT2D eigenvalue weighted by Gasteiger charge is -2.72. The fourth-order valence-electron chi connectivity index (χ4n) is 8.18. The Morgan fingerprint density at radius 1 is 0.864 bits per heavy atom. The Bertz CT molecular complexity index is 421. The van der Waals surface area contributed by atoms with Crippen LogP contribution < -0.4 is 0 Å². The van der Waals surface area contributed by atoms with Crippen molar-refractivity contribution in [2.45, 2.75) is 86.0 Å². The first-order valence-electron chi connectivity index (χ1n) is 10.4. The van der Waals surface area contributed by atoms with Crippen LogP contribution >= 0.6 is 0 Å². The molecule has 0 nitrogen and oxygen atoms in total. The van der Waals surface area contributed by atoms with Gasteiger partial charge in [0.05, 0.1) is 0 Å². The van der Waals surface area contributed by atoms with Crippen LogP contribution in [0.5, 0.6) is 0 Å². The highest BCUT2D eigenvalue weighted by atomic mass is 14.7. The maximum atomic E-state index is 2.51. The average Bonchev–Trinajstić information content (AvgIpc) is 2.32. The molecule has 4 saturated carbocycles. The van der Waals surface area contributed by atoms with Crippen molar-refractivity contribution in [3.8, 4) is 0 Å². The van der Waals surface area contributed by atoms with E-state index in [4.69, 9.17) is 0 Å². The molecule has 0 aromatic heterocycles. The summed E-state index contributed by atoms with van der Waals surface area (Å²) in [7, 11) is 0. The first-order chi connectivity index (χ1) is 10.4. The van der Waals surface area contributed by atoms with Gasteiger partial charge in [-0.05, 0) is 90.8 Å². The molecule has 4 fully saturated rings. The maximum absolute atomic E-state index is 2.51. The standard InChI is InChI=1S/C22H38/c1-6-19-15(5)8-22(19)13-18(20(22)7-2)17-11-21(12-17)9-16(10-21)14(3)4/h14-20H,6-13H2,1-5H3. The molecule has 0 amide bonds. The summed E-state index contributed by atoms with van der Waals surface area (Å²) in [4.78, 5) is 0. The molecular formula is C22H38. The third-order valence-corrected chi connectivity index (χ3v) is 9.21. The molecule has 2 spiro atoms. The summed E-state index contributed by atoms with van der Waals surface area (Å²) in [6.07, 6.45) is 12.5. The minimum atomic E-state index is 0.816. The molecule has 4 aliphatic carbocycles. The van der Waals surface area contributed by atoms with Gasteiger partial charge < -0.3 is 0 Å². The molecule has 5 unspecified atom stereocenters. The summed E-state index contributed by atoms with van der Waals surface area (Å²) < 4.78 is 0. The second-order valence-corrected chi connectivity index (χ2v) is 10.4. The summed E-state index contributed by atoms with van der Waals surface area (Å²) in [5, 5.41) is 0. The van der Waals surface area contributed by atoms with Gasteiger partial charge in [-0.3, -0.25) is 0 Å². The van der Waals surface area contributed by atoms with Crippen LogP contribution in [0.25, 0.3) is 0 Å². The first kappa shape index (κ1) is 15.5. The van der Waals surface area contributed by atoms with Gasteiger partial charge in [0, 0.05) is 0 Å². The second-order valence-electron chi connectivity index (χ2n) is 10.4. The topological polar surface area (TPSA) is 0 Å². The van der Waals surface area contributed by atoms with E-state index in [2.05, 4.69) is 34.6 Å². The Morgan fingerprint density at radius 3 is 2.00 bits per heavy atom. The predicted molar refractivity (Wildman–Crippen MR) is 94.6 cm³/mol. The van der Waals surface area contributed by atoms with Crippen molar-refractivity contribution < 1.29 is 0 Å². The van der Waals surface area contributed by atoms with Crippen molar-refractivity contribution in [2.75, 3.05) is 0 Å². The molecule has 0 radical (unpaired) electrons. The zero-order valence-corrected chi connectivity index (χ0v) is 15.7. The summed E-state index contributed by atoms with van der Waals surface area (Å²) in [5.41, 5.74) is 1.66. The molecule has 126 valence electrons. The Balaban J connectivity index is 1.33. The number of rotatable bonds is 4. The van der Waals surface area contributed by atoms with E-state index in [-0.39, 0.29) is 0 Å². The van der Waals surface area contributed by atoms with Crippen molar-refractivity contribution >= 4 is 0 Å². The lowest BCUT2D eigenvalue weighted by Crippen LogP contribution is -2.64. The summed E-state index contributed by atoms with van der Waals surface area (Å²) >= 11 is 0. The van der Waals surface area contributed by atoms with E-state index in [0.29, 0.717) is 0 Å². The molecule has 0 heteroatoms. The Morgan fingerprint density at radius 2 is 1.50 bits per heavy atom. The second kappa shape index (κ2) is 5.00. The predicted octanol–water partition coefficient (Wildman–Crippen LogP) is 6.55. The van der Waals surface area contributed by atoms with Crippen LogP contribution in [0.3, 0.4) is 0 Å². The third-order valence-electron chi connectivity index (χ3n) is 9.21. The third kappa shape index (κ3) is 1.88. The van der Waals surface area contributed by atoms with Crippen molar-refractivity contribution in [2.24, 2.45) is 52.3 Å². The molecule has 5 atom stereocenters. The smallest absolute Gasteiger partial charge is 0.0230 e. The van der Waals surface area contributed by atoms with Crippen molar-refractivity contribution in [1.82, 2.24) is 0 Å². The van der Waals surface area contributed by atoms with E-state index in [9.17, 15) is 0 Å². The first-order valence-corrected chi connectivity index (χ1v) is 10.4. The molecule has 0 aromatic carbocycles. The van der Waals surface area contributed by atoms with Crippen LogP contribution in [0.2, 0.25) is 0 Å². The maximum Gasteiger partial charge on any atom is -0.0230 e. The van der Waals surface area contributed by atoms with E-state index in [1.165, 1.54) is 12.8 Å². The summed E-state index contributed by atoms with van der Waals surface area (Å²) in [6, 6.07) is 0. The molecule has 0 aromatic rings. The molecule has 0 bridgehead atoms.